The summed E-state index contributed by atoms with van der Waals surface area (Å²) in [7, 11) is 0. The number of benzene rings is 3. The number of hydrogen-bond acceptors (Lipinski definition) is 1. The van der Waals surface area contributed by atoms with Crippen molar-refractivity contribution in [2.24, 2.45) is 0 Å². The molecule has 104 valence electrons. The minimum absolute atomic E-state index is 0.160. The summed E-state index contributed by atoms with van der Waals surface area (Å²) in [6.45, 7) is 0. The standard InChI is InChI=1S/C19H16IN/c20-17-11-13-18(14-12-17)21-19(15-7-3-1-4-8-15)16-9-5-2-6-10-16/h1-14,19,21H. The van der Waals surface area contributed by atoms with Crippen LogP contribution >= 0.6 is 22.6 Å². The molecule has 0 bridgehead atoms. The van der Waals surface area contributed by atoms with Crippen LogP contribution < -0.4 is 5.32 Å². The summed E-state index contributed by atoms with van der Waals surface area (Å²) >= 11 is 2.33. The van der Waals surface area contributed by atoms with E-state index in [0.29, 0.717) is 0 Å². The maximum Gasteiger partial charge on any atom is 0.0767 e. The first-order valence-electron chi connectivity index (χ1n) is 6.95. The van der Waals surface area contributed by atoms with Crippen LogP contribution in [0.1, 0.15) is 17.2 Å². The summed E-state index contributed by atoms with van der Waals surface area (Å²) in [6, 6.07) is 29.8. The van der Waals surface area contributed by atoms with Crippen LogP contribution in [-0.4, -0.2) is 0 Å². The Bertz CT molecular complexity index is 638. The molecule has 0 aliphatic rings. The van der Waals surface area contributed by atoms with E-state index >= 15 is 0 Å². The van der Waals surface area contributed by atoms with Crippen molar-refractivity contribution in [3.8, 4) is 0 Å². The average Bonchev–Trinajstić information content (AvgIpc) is 2.56. The highest BCUT2D eigenvalue weighted by molar-refractivity contribution is 14.1. The van der Waals surface area contributed by atoms with E-state index in [1.165, 1.54) is 14.7 Å². The molecule has 0 spiro atoms. The molecular formula is C19H16IN. The minimum Gasteiger partial charge on any atom is -0.374 e. The Balaban J connectivity index is 1.95. The van der Waals surface area contributed by atoms with Crippen LogP contribution in [0.15, 0.2) is 84.9 Å². The van der Waals surface area contributed by atoms with E-state index in [1.807, 2.05) is 0 Å². The molecule has 0 unspecified atom stereocenters. The molecule has 0 aliphatic heterocycles. The van der Waals surface area contributed by atoms with E-state index in [1.54, 1.807) is 0 Å². The molecule has 3 aromatic carbocycles. The zero-order valence-electron chi connectivity index (χ0n) is 11.5. The van der Waals surface area contributed by atoms with Gasteiger partial charge in [0.15, 0.2) is 0 Å². The lowest BCUT2D eigenvalue weighted by Crippen LogP contribution is -2.12. The van der Waals surface area contributed by atoms with Gasteiger partial charge in [0.1, 0.15) is 0 Å². The van der Waals surface area contributed by atoms with Crippen LogP contribution in [0, 0.1) is 3.57 Å². The predicted octanol–water partition coefficient (Wildman–Crippen LogP) is 5.49. The number of hydrogen-bond donors (Lipinski definition) is 1. The van der Waals surface area contributed by atoms with Gasteiger partial charge in [0, 0.05) is 9.26 Å². The topological polar surface area (TPSA) is 12.0 Å². The molecule has 0 saturated carbocycles. The van der Waals surface area contributed by atoms with Gasteiger partial charge in [-0.05, 0) is 58.0 Å². The van der Waals surface area contributed by atoms with Crippen molar-refractivity contribution in [3.63, 3.8) is 0 Å². The highest BCUT2D eigenvalue weighted by Gasteiger charge is 2.13. The van der Waals surface area contributed by atoms with Crippen LogP contribution in [0.3, 0.4) is 0 Å². The van der Waals surface area contributed by atoms with Crippen molar-refractivity contribution in [1.29, 1.82) is 0 Å². The van der Waals surface area contributed by atoms with Crippen LogP contribution in [-0.2, 0) is 0 Å². The largest absolute Gasteiger partial charge is 0.374 e. The summed E-state index contributed by atoms with van der Waals surface area (Å²) in [5, 5.41) is 3.64. The van der Waals surface area contributed by atoms with Gasteiger partial charge in [-0.15, -0.1) is 0 Å². The normalized spacial score (nSPS) is 10.6. The van der Waals surface area contributed by atoms with Crippen molar-refractivity contribution in [2.75, 3.05) is 5.32 Å². The minimum atomic E-state index is 0.160. The summed E-state index contributed by atoms with van der Waals surface area (Å²) in [5.41, 5.74) is 3.66. The van der Waals surface area contributed by atoms with E-state index in [-0.39, 0.29) is 6.04 Å². The fourth-order valence-corrected chi connectivity index (χ4v) is 2.72. The number of anilines is 1. The van der Waals surface area contributed by atoms with Crippen molar-refractivity contribution in [1.82, 2.24) is 0 Å². The van der Waals surface area contributed by atoms with Crippen LogP contribution in [0.4, 0.5) is 5.69 Å². The third-order valence-corrected chi connectivity index (χ3v) is 4.14. The van der Waals surface area contributed by atoms with Gasteiger partial charge >= 0.3 is 0 Å². The quantitative estimate of drug-likeness (QED) is 0.586. The predicted molar refractivity (Wildman–Crippen MR) is 97.5 cm³/mol. The smallest absolute Gasteiger partial charge is 0.0767 e. The molecule has 21 heavy (non-hydrogen) atoms. The maximum atomic E-state index is 3.64. The Hall–Kier alpha value is -1.81. The molecule has 0 fully saturated rings. The fourth-order valence-electron chi connectivity index (χ4n) is 2.36. The Kier molecular flexibility index (Phi) is 4.55. The van der Waals surface area contributed by atoms with Gasteiger partial charge in [-0.1, -0.05) is 60.7 Å². The molecule has 3 aromatic rings. The van der Waals surface area contributed by atoms with Gasteiger partial charge in [-0.25, -0.2) is 0 Å². The third-order valence-electron chi connectivity index (χ3n) is 3.42. The van der Waals surface area contributed by atoms with Gasteiger partial charge < -0.3 is 5.32 Å². The fraction of sp³-hybridized carbons (Fsp3) is 0.0526. The Morgan fingerprint density at radius 2 is 1.10 bits per heavy atom. The van der Waals surface area contributed by atoms with Gasteiger partial charge in [0.2, 0.25) is 0 Å². The first-order chi connectivity index (χ1) is 10.3. The second-order valence-electron chi connectivity index (χ2n) is 4.91. The maximum absolute atomic E-state index is 3.64. The first kappa shape index (κ1) is 14.1. The molecule has 0 aromatic heterocycles. The molecule has 1 nitrogen and oxygen atoms in total. The van der Waals surface area contributed by atoms with Gasteiger partial charge in [-0.2, -0.15) is 0 Å². The molecule has 1 N–H and O–H groups in total. The van der Waals surface area contributed by atoms with E-state index in [4.69, 9.17) is 0 Å². The summed E-state index contributed by atoms with van der Waals surface area (Å²) in [6.07, 6.45) is 0. The lowest BCUT2D eigenvalue weighted by atomic mass is 9.98. The Morgan fingerprint density at radius 3 is 1.57 bits per heavy atom. The zero-order valence-corrected chi connectivity index (χ0v) is 13.7. The highest BCUT2D eigenvalue weighted by atomic mass is 127. The van der Waals surface area contributed by atoms with Crippen molar-refractivity contribution >= 4 is 28.3 Å². The highest BCUT2D eigenvalue weighted by Crippen LogP contribution is 2.26. The Morgan fingerprint density at radius 1 is 0.619 bits per heavy atom. The SMILES string of the molecule is Ic1ccc(NC(c2ccccc2)c2ccccc2)cc1. The van der Waals surface area contributed by atoms with Crippen molar-refractivity contribution in [3.05, 3.63) is 99.6 Å². The molecule has 0 atom stereocenters. The van der Waals surface area contributed by atoms with Gasteiger partial charge in [0.05, 0.1) is 6.04 Å². The van der Waals surface area contributed by atoms with Crippen LogP contribution in [0.25, 0.3) is 0 Å². The van der Waals surface area contributed by atoms with Gasteiger partial charge in [-0.3, -0.25) is 0 Å². The molecule has 0 amide bonds. The summed E-state index contributed by atoms with van der Waals surface area (Å²) in [4.78, 5) is 0. The average molecular weight is 385 g/mol. The summed E-state index contributed by atoms with van der Waals surface area (Å²) in [5.74, 6) is 0. The number of halogens is 1. The molecule has 2 heteroatoms. The van der Waals surface area contributed by atoms with E-state index in [0.717, 1.165) is 5.69 Å². The number of rotatable bonds is 4. The van der Waals surface area contributed by atoms with Crippen LogP contribution in [0.5, 0.6) is 0 Å². The Labute approximate surface area is 139 Å². The second-order valence-corrected chi connectivity index (χ2v) is 6.15. The van der Waals surface area contributed by atoms with Crippen molar-refractivity contribution in [2.45, 2.75) is 6.04 Å². The number of nitrogens with one attached hydrogen (secondary N) is 1. The summed E-state index contributed by atoms with van der Waals surface area (Å²) < 4.78 is 1.24. The molecule has 0 saturated heterocycles. The first-order valence-corrected chi connectivity index (χ1v) is 8.03. The van der Waals surface area contributed by atoms with E-state index in [2.05, 4.69) is 113 Å². The van der Waals surface area contributed by atoms with E-state index in [9.17, 15) is 0 Å². The monoisotopic (exact) mass is 385 g/mol. The third kappa shape index (κ3) is 3.64. The molecule has 0 aliphatic carbocycles. The lowest BCUT2D eigenvalue weighted by molar-refractivity contribution is 0.939. The van der Waals surface area contributed by atoms with Gasteiger partial charge in [0.25, 0.3) is 0 Å². The van der Waals surface area contributed by atoms with Crippen molar-refractivity contribution < 1.29 is 0 Å². The molecule has 0 heterocycles. The lowest BCUT2D eigenvalue weighted by Gasteiger charge is -2.21. The van der Waals surface area contributed by atoms with E-state index < -0.39 is 0 Å². The second kappa shape index (κ2) is 6.76. The molecule has 0 radical (unpaired) electrons. The molecule has 3 rings (SSSR count). The van der Waals surface area contributed by atoms with Crippen LogP contribution in [0.2, 0.25) is 0 Å². The molecular weight excluding hydrogens is 369 g/mol. The zero-order chi connectivity index (χ0) is 14.5.